The molecular formula is C39H29NO. The van der Waals surface area contributed by atoms with Crippen LogP contribution in [0.4, 0.5) is 17.1 Å². The third kappa shape index (κ3) is 3.57. The number of rotatable bonds is 4. The number of furan rings is 1. The Morgan fingerprint density at radius 1 is 0.537 bits per heavy atom. The van der Waals surface area contributed by atoms with Crippen LogP contribution in [-0.4, -0.2) is 0 Å². The SMILES string of the molecule is CC1(C)c2ccccc2-c2c1cc1c(oc3ccccc31)c2N(c1ccccc1)c1ccc(-c2ccccc2)cc1. The van der Waals surface area contributed by atoms with Crippen molar-refractivity contribution >= 4 is 39.0 Å². The summed E-state index contributed by atoms with van der Waals surface area (Å²) >= 11 is 0. The average Bonchev–Trinajstić information content (AvgIpc) is 3.51. The van der Waals surface area contributed by atoms with Crippen LogP contribution >= 0.6 is 0 Å². The second-order valence-electron chi connectivity index (χ2n) is 11.4. The molecule has 0 radical (unpaired) electrons. The van der Waals surface area contributed by atoms with E-state index in [1.165, 1.54) is 33.4 Å². The maximum Gasteiger partial charge on any atom is 0.160 e. The normalized spacial score (nSPS) is 13.3. The smallest absolute Gasteiger partial charge is 0.160 e. The molecule has 1 aliphatic rings. The minimum Gasteiger partial charge on any atom is -0.454 e. The van der Waals surface area contributed by atoms with Gasteiger partial charge in [0.15, 0.2) is 5.58 Å². The molecule has 0 N–H and O–H groups in total. The van der Waals surface area contributed by atoms with Gasteiger partial charge < -0.3 is 9.32 Å². The second-order valence-corrected chi connectivity index (χ2v) is 11.4. The van der Waals surface area contributed by atoms with Gasteiger partial charge in [0.1, 0.15) is 5.58 Å². The summed E-state index contributed by atoms with van der Waals surface area (Å²) in [4.78, 5) is 2.39. The maximum absolute atomic E-state index is 6.77. The zero-order valence-corrected chi connectivity index (χ0v) is 23.1. The fourth-order valence-electron chi connectivity index (χ4n) is 6.63. The van der Waals surface area contributed by atoms with Crippen molar-refractivity contribution in [2.75, 3.05) is 4.90 Å². The number of anilines is 3. The van der Waals surface area contributed by atoms with E-state index in [0.29, 0.717) is 0 Å². The molecule has 2 heteroatoms. The van der Waals surface area contributed by atoms with Gasteiger partial charge in [-0.15, -0.1) is 0 Å². The van der Waals surface area contributed by atoms with E-state index >= 15 is 0 Å². The van der Waals surface area contributed by atoms with E-state index in [9.17, 15) is 0 Å². The van der Waals surface area contributed by atoms with Crippen LogP contribution in [0.2, 0.25) is 0 Å². The van der Waals surface area contributed by atoms with Crippen LogP contribution in [0, 0.1) is 0 Å². The van der Waals surface area contributed by atoms with Crippen molar-refractivity contribution in [1.29, 1.82) is 0 Å². The Balaban J connectivity index is 1.47. The third-order valence-corrected chi connectivity index (χ3v) is 8.66. The van der Waals surface area contributed by atoms with Crippen molar-refractivity contribution in [3.05, 3.63) is 151 Å². The van der Waals surface area contributed by atoms with Gasteiger partial charge in [-0.3, -0.25) is 0 Å². The lowest BCUT2D eigenvalue weighted by molar-refractivity contribution is 0.658. The van der Waals surface area contributed by atoms with E-state index in [-0.39, 0.29) is 5.41 Å². The lowest BCUT2D eigenvalue weighted by Gasteiger charge is -2.29. The first-order valence-corrected chi connectivity index (χ1v) is 14.2. The van der Waals surface area contributed by atoms with Crippen LogP contribution in [0.1, 0.15) is 25.0 Å². The lowest BCUT2D eigenvalue weighted by atomic mass is 9.82. The summed E-state index contributed by atoms with van der Waals surface area (Å²) in [5, 5.41) is 2.29. The molecule has 6 aromatic carbocycles. The molecule has 7 aromatic rings. The Labute approximate surface area is 240 Å². The van der Waals surface area contributed by atoms with Crippen molar-refractivity contribution in [2.24, 2.45) is 0 Å². The summed E-state index contributed by atoms with van der Waals surface area (Å²) < 4.78 is 6.77. The zero-order chi connectivity index (χ0) is 27.6. The van der Waals surface area contributed by atoms with Crippen LogP contribution in [0.25, 0.3) is 44.2 Å². The summed E-state index contributed by atoms with van der Waals surface area (Å²) in [6, 6.07) is 49.7. The van der Waals surface area contributed by atoms with Gasteiger partial charge in [0.25, 0.3) is 0 Å². The molecule has 0 fully saturated rings. The van der Waals surface area contributed by atoms with Gasteiger partial charge in [-0.2, -0.15) is 0 Å². The highest BCUT2D eigenvalue weighted by Gasteiger charge is 2.40. The van der Waals surface area contributed by atoms with Crippen molar-refractivity contribution < 1.29 is 4.42 Å². The first-order chi connectivity index (χ1) is 20.1. The zero-order valence-electron chi connectivity index (χ0n) is 23.1. The molecule has 1 heterocycles. The molecule has 2 nitrogen and oxygen atoms in total. The Morgan fingerprint density at radius 3 is 1.93 bits per heavy atom. The molecule has 0 saturated carbocycles. The van der Waals surface area contributed by atoms with E-state index < -0.39 is 0 Å². The van der Waals surface area contributed by atoms with E-state index in [4.69, 9.17) is 4.42 Å². The van der Waals surface area contributed by atoms with E-state index in [1.807, 2.05) is 0 Å². The van der Waals surface area contributed by atoms with E-state index in [1.54, 1.807) is 0 Å². The van der Waals surface area contributed by atoms with Crippen LogP contribution in [0.3, 0.4) is 0 Å². The van der Waals surface area contributed by atoms with E-state index in [0.717, 1.165) is 39.0 Å². The number of hydrogen-bond donors (Lipinski definition) is 0. The molecule has 0 unspecified atom stereocenters. The second kappa shape index (κ2) is 8.97. The van der Waals surface area contributed by atoms with Gasteiger partial charge in [0.2, 0.25) is 0 Å². The average molecular weight is 528 g/mol. The van der Waals surface area contributed by atoms with Crippen molar-refractivity contribution in [1.82, 2.24) is 0 Å². The molecule has 1 aromatic heterocycles. The Hall–Kier alpha value is -5.08. The summed E-state index contributed by atoms with van der Waals surface area (Å²) in [5.74, 6) is 0. The third-order valence-electron chi connectivity index (χ3n) is 8.66. The first-order valence-electron chi connectivity index (χ1n) is 14.2. The Kier molecular flexibility index (Phi) is 5.20. The topological polar surface area (TPSA) is 16.4 Å². The predicted molar refractivity (Wildman–Crippen MR) is 171 cm³/mol. The standard InChI is InChI=1S/C39H29NO/c1-39(2)33-19-11-9-18-31(33)36-34(39)25-32-30-17-10-12-20-35(30)41-38(32)37(36)40(28-15-7-4-8-16-28)29-23-21-27(22-24-29)26-13-5-3-6-14-26/h3-25H,1-2H3. The van der Waals surface area contributed by atoms with Crippen LogP contribution in [0.15, 0.2) is 144 Å². The summed E-state index contributed by atoms with van der Waals surface area (Å²) in [6.07, 6.45) is 0. The molecule has 0 bridgehead atoms. The maximum atomic E-state index is 6.77. The molecule has 1 aliphatic carbocycles. The van der Waals surface area contributed by atoms with E-state index in [2.05, 4.69) is 158 Å². The molecule has 0 atom stereocenters. The van der Waals surface area contributed by atoms with Crippen LogP contribution in [-0.2, 0) is 5.41 Å². The lowest BCUT2D eigenvalue weighted by Crippen LogP contribution is -2.16. The van der Waals surface area contributed by atoms with Crippen molar-refractivity contribution in [3.63, 3.8) is 0 Å². The largest absolute Gasteiger partial charge is 0.454 e. The Bertz CT molecular complexity index is 2050. The molecule has 0 aliphatic heterocycles. The number of fused-ring (bicyclic) bond motifs is 6. The number of benzene rings is 6. The number of nitrogens with zero attached hydrogens (tertiary/aromatic N) is 1. The quantitative estimate of drug-likeness (QED) is 0.226. The molecule has 196 valence electrons. The minimum absolute atomic E-state index is 0.146. The van der Waals surface area contributed by atoms with Gasteiger partial charge in [-0.25, -0.2) is 0 Å². The monoisotopic (exact) mass is 527 g/mol. The van der Waals surface area contributed by atoms with Gasteiger partial charge in [-0.05, 0) is 64.2 Å². The fraction of sp³-hybridized carbons (Fsp3) is 0.0769. The van der Waals surface area contributed by atoms with Gasteiger partial charge in [0, 0.05) is 33.1 Å². The number of hydrogen-bond acceptors (Lipinski definition) is 2. The van der Waals surface area contributed by atoms with Gasteiger partial charge in [0.05, 0.1) is 5.69 Å². The van der Waals surface area contributed by atoms with Crippen LogP contribution in [0.5, 0.6) is 0 Å². The highest BCUT2D eigenvalue weighted by molar-refractivity contribution is 6.15. The van der Waals surface area contributed by atoms with Crippen molar-refractivity contribution in [3.8, 4) is 22.3 Å². The number of para-hydroxylation sites is 2. The molecule has 0 amide bonds. The molecular weight excluding hydrogens is 498 g/mol. The summed E-state index contributed by atoms with van der Waals surface area (Å²) in [7, 11) is 0. The molecule has 0 saturated heterocycles. The highest BCUT2D eigenvalue weighted by Crippen LogP contribution is 2.57. The first kappa shape index (κ1) is 23.8. The molecule has 0 spiro atoms. The van der Waals surface area contributed by atoms with Crippen LogP contribution < -0.4 is 4.90 Å². The summed E-state index contributed by atoms with van der Waals surface area (Å²) in [6.45, 7) is 4.69. The fourth-order valence-corrected chi connectivity index (χ4v) is 6.63. The minimum atomic E-state index is -0.146. The van der Waals surface area contributed by atoms with Gasteiger partial charge in [-0.1, -0.05) is 117 Å². The highest BCUT2D eigenvalue weighted by atomic mass is 16.3. The van der Waals surface area contributed by atoms with Crippen molar-refractivity contribution in [2.45, 2.75) is 19.3 Å². The Morgan fingerprint density at radius 2 is 1.15 bits per heavy atom. The predicted octanol–water partition coefficient (Wildman–Crippen LogP) is 11.0. The summed E-state index contributed by atoms with van der Waals surface area (Å²) in [5.41, 5.74) is 12.5. The molecule has 41 heavy (non-hydrogen) atoms. The van der Waals surface area contributed by atoms with Gasteiger partial charge >= 0.3 is 0 Å². The molecule has 8 rings (SSSR count).